The number of hydrogen-bond donors (Lipinski definition) is 5. The van der Waals surface area contributed by atoms with Crippen LogP contribution >= 0.6 is 12.6 Å². The van der Waals surface area contributed by atoms with Crippen molar-refractivity contribution in [3.05, 3.63) is 108 Å². The van der Waals surface area contributed by atoms with Gasteiger partial charge in [0.05, 0.1) is 27.6 Å². The number of nitrogens with one attached hydrogen (secondary N) is 2. The SMILES string of the molecule is Cc1cc(O)ccc1NN(C)c1ccc(C(=O)Nc2ccc(N=Nc3ccc(S)cc3)c3ccc(S(=O)(=O)O)cc23)cc1. The summed E-state index contributed by atoms with van der Waals surface area (Å²) in [5.41, 5.74) is 7.44. The van der Waals surface area contributed by atoms with Gasteiger partial charge in [0.1, 0.15) is 5.75 Å². The number of azo groups is 1. The minimum absolute atomic E-state index is 0.182. The zero-order chi connectivity index (χ0) is 30.7. The highest BCUT2D eigenvalue weighted by molar-refractivity contribution is 7.85. The molecule has 43 heavy (non-hydrogen) atoms. The maximum atomic E-state index is 13.2. The van der Waals surface area contributed by atoms with Crippen molar-refractivity contribution in [2.75, 3.05) is 22.8 Å². The fourth-order valence-corrected chi connectivity index (χ4v) is 5.00. The number of thiol groups is 1. The van der Waals surface area contributed by atoms with Crippen LogP contribution < -0.4 is 15.8 Å². The molecule has 0 aliphatic heterocycles. The van der Waals surface area contributed by atoms with E-state index in [1.807, 2.05) is 14.0 Å². The number of nitrogens with zero attached hydrogens (tertiary/aromatic N) is 3. The van der Waals surface area contributed by atoms with Crippen LogP contribution in [0.4, 0.5) is 28.4 Å². The summed E-state index contributed by atoms with van der Waals surface area (Å²) in [6.07, 6.45) is 0. The Balaban J connectivity index is 1.40. The second-order valence-electron chi connectivity index (χ2n) is 9.70. The predicted octanol–water partition coefficient (Wildman–Crippen LogP) is 7.52. The van der Waals surface area contributed by atoms with Crippen LogP contribution in [-0.2, 0) is 10.1 Å². The Morgan fingerprint density at radius 2 is 1.53 bits per heavy atom. The van der Waals surface area contributed by atoms with E-state index >= 15 is 0 Å². The number of hydrazine groups is 1. The number of aromatic hydroxyl groups is 1. The van der Waals surface area contributed by atoms with Crippen molar-refractivity contribution in [1.29, 1.82) is 0 Å². The van der Waals surface area contributed by atoms with Gasteiger partial charge in [0.2, 0.25) is 0 Å². The zero-order valence-electron chi connectivity index (χ0n) is 23.1. The van der Waals surface area contributed by atoms with Gasteiger partial charge in [0.25, 0.3) is 16.0 Å². The molecule has 0 radical (unpaired) electrons. The van der Waals surface area contributed by atoms with Gasteiger partial charge < -0.3 is 10.4 Å². The Morgan fingerprint density at radius 3 is 2.21 bits per heavy atom. The van der Waals surface area contributed by atoms with Crippen LogP contribution in [0.25, 0.3) is 10.8 Å². The fourth-order valence-electron chi connectivity index (χ4n) is 4.35. The molecule has 0 aliphatic carbocycles. The Morgan fingerprint density at radius 1 is 0.837 bits per heavy atom. The first-order chi connectivity index (χ1) is 20.5. The maximum absolute atomic E-state index is 13.2. The van der Waals surface area contributed by atoms with Crippen LogP contribution in [0.15, 0.2) is 117 Å². The quantitative estimate of drug-likeness (QED) is 0.0400. The maximum Gasteiger partial charge on any atom is 0.294 e. The molecular formula is C31H27N5O5S2. The summed E-state index contributed by atoms with van der Waals surface area (Å²) in [5.74, 6) is -0.238. The van der Waals surface area contributed by atoms with E-state index in [4.69, 9.17) is 0 Å². The summed E-state index contributed by atoms with van der Waals surface area (Å²) in [5, 5.41) is 23.7. The van der Waals surface area contributed by atoms with Crippen molar-refractivity contribution in [2.24, 2.45) is 10.2 Å². The number of aryl methyl sites for hydroxylation is 1. The summed E-state index contributed by atoms with van der Waals surface area (Å²) in [6.45, 7) is 1.88. The van der Waals surface area contributed by atoms with E-state index in [0.29, 0.717) is 33.4 Å². The normalized spacial score (nSPS) is 11.5. The van der Waals surface area contributed by atoms with E-state index in [0.717, 1.165) is 21.8 Å². The summed E-state index contributed by atoms with van der Waals surface area (Å²) in [6, 6.07) is 26.3. The molecule has 5 rings (SSSR count). The number of carbonyl (C=O) groups excluding carboxylic acids is 1. The van der Waals surface area contributed by atoms with Crippen LogP contribution in [0.1, 0.15) is 15.9 Å². The number of anilines is 3. The molecule has 0 saturated carbocycles. The number of amides is 1. The second-order valence-corrected chi connectivity index (χ2v) is 11.6. The van der Waals surface area contributed by atoms with Crippen LogP contribution in [0, 0.1) is 6.92 Å². The van der Waals surface area contributed by atoms with Crippen LogP contribution in [0.5, 0.6) is 5.75 Å². The molecule has 5 aromatic rings. The molecule has 4 N–H and O–H groups in total. The van der Waals surface area contributed by atoms with Gasteiger partial charge >= 0.3 is 0 Å². The first kappa shape index (κ1) is 29.6. The monoisotopic (exact) mass is 613 g/mol. The standard InChI is InChI=1S/C31H27N5O5S2/c1-19-17-23(37)9-14-28(19)35-36(2)22-7-3-20(4-8-22)31(38)32-29-15-16-30(34-33-21-5-10-24(42)11-6-21)26-13-12-25(18-27(26)29)43(39,40)41/h3-18,35,37,42H,1-2H3,(H,32,38)(H,39,40,41). The molecular weight excluding hydrogens is 587 g/mol. The zero-order valence-corrected chi connectivity index (χ0v) is 24.8. The Kier molecular flexibility index (Phi) is 8.35. The summed E-state index contributed by atoms with van der Waals surface area (Å²) in [7, 11) is -2.67. The highest BCUT2D eigenvalue weighted by Crippen LogP contribution is 2.35. The molecule has 0 atom stereocenters. The fraction of sp³-hybridized carbons (Fsp3) is 0.0645. The summed E-state index contributed by atoms with van der Waals surface area (Å²) in [4.78, 5) is 13.7. The van der Waals surface area contributed by atoms with Crippen molar-refractivity contribution in [3.63, 3.8) is 0 Å². The lowest BCUT2D eigenvalue weighted by atomic mass is 10.1. The lowest BCUT2D eigenvalue weighted by Crippen LogP contribution is -2.25. The third kappa shape index (κ3) is 6.95. The topological polar surface area (TPSA) is 144 Å². The molecule has 0 saturated heterocycles. The van der Waals surface area contributed by atoms with Crippen molar-refractivity contribution >= 4 is 67.9 Å². The third-order valence-electron chi connectivity index (χ3n) is 6.65. The number of benzene rings is 5. The lowest BCUT2D eigenvalue weighted by Gasteiger charge is -2.23. The molecule has 0 aliphatic rings. The Labute approximate surface area is 253 Å². The molecule has 5 aromatic carbocycles. The third-order valence-corrected chi connectivity index (χ3v) is 7.80. The van der Waals surface area contributed by atoms with Crippen LogP contribution in [0.2, 0.25) is 0 Å². The van der Waals surface area contributed by atoms with E-state index in [-0.39, 0.29) is 10.6 Å². The van der Waals surface area contributed by atoms with Crippen molar-refractivity contribution in [3.8, 4) is 5.75 Å². The average Bonchev–Trinajstić information content (AvgIpc) is 2.98. The predicted molar refractivity (Wildman–Crippen MR) is 171 cm³/mol. The van der Waals surface area contributed by atoms with Gasteiger partial charge in [0, 0.05) is 34.0 Å². The summed E-state index contributed by atoms with van der Waals surface area (Å²) < 4.78 is 33.4. The van der Waals surface area contributed by atoms with Gasteiger partial charge in [-0.25, -0.2) is 0 Å². The van der Waals surface area contributed by atoms with Gasteiger partial charge in [0.15, 0.2) is 0 Å². The summed E-state index contributed by atoms with van der Waals surface area (Å²) >= 11 is 4.27. The molecule has 0 spiro atoms. The van der Waals surface area contributed by atoms with Crippen LogP contribution in [-0.4, -0.2) is 31.0 Å². The average molecular weight is 614 g/mol. The molecule has 218 valence electrons. The highest BCUT2D eigenvalue weighted by atomic mass is 32.2. The molecule has 1 amide bonds. The molecule has 12 heteroatoms. The first-order valence-electron chi connectivity index (χ1n) is 12.9. The van der Waals surface area contributed by atoms with Gasteiger partial charge in [-0.15, -0.1) is 17.7 Å². The van der Waals surface area contributed by atoms with Crippen molar-refractivity contribution < 1.29 is 22.9 Å². The second kappa shape index (κ2) is 12.1. The number of fused-ring (bicyclic) bond motifs is 1. The van der Waals surface area contributed by atoms with Gasteiger partial charge in [-0.05, 0) is 103 Å². The first-order valence-corrected chi connectivity index (χ1v) is 14.8. The number of rotatable bonds is 8. The molecule has 10 nitrogen and oxygen atoms in total. The van der Waals surface area contributed by atoms with Crippen molar-refractivity contribution in [1.82, 2.24) is 0 Å². The molecule has 0 heterocycles. The van der Waals surface area contributed by atoms with E-state index in [9.17, 15) is 22.9 Å². The van der Waals surface area contributed by atoms with E-state index in [1.54, 1.807) is 83.9 Å². The molecule has 0 fully saturated rings. The number of hydrogen-bond acceptors (Lipinski definition) is 9. The number of phenolic OH excluding ortho intramolecular Hbond substituents is 1. The van der Waals surface area contributed by atoms with E-state index in [1.165, 1.54) is 18.2 Å². The van der Waals surface area contributed by atoms with E-state index < -0.39 is 16.0 Å². The number of phenols is 1. The highest BCUT2D eigenvalue weighted by Gasteiger charge is 2.16. The minimum Gasteiger partial charge on any atom is -0.508 e. The lowest BCUT2D eigenvalue weighted by molar-refractivity contribution is 0.102. The molecule has 0 unspecified atom stereocenters. The van der Waals surface area contributed by atoms with Crippen molar-refractivity contribution in [2.45, 2.75) is 16.7 Å². The van der Waals surface area contributed by atoms with Crippen LogP contribution in [0.3, 0.4) is 0 Å². The smallest absolute Gasteiger partial charge is 0.294 e. The van der Waals surface area contributed by atoms with Gasteiger partial charge in [-0.2, -0.15) is 13.5 Å². The van der Waals surface area contributed by atoms with E-state index in [2.05, 4.69) is 33.6 Å². The Bertz CT molecular complexity index is 1960. The molecule has 0 bridgehead atoms. The molecule has 0 aromatic heterocycles. The number of carbonyl (C=O) groups is 1. The minimum atomic E-state index is -4.50. The van der Waals surface area contributed by atoms with Gasteiger partial charge in [-0.1, -0.05) is 6.07 Å². The van der Waals surface area contributed by atoms with Gasteiger partial charge in [-0.3, -0.25) is 19.8 Å². The largest absolute Gasteiger partial charge is 0.508 e. The Hall–Kier alpha value is -4.91.